The summed E-state index contributed by atoms with van der Waals surface area (Å²) in [6.07, 6.45) is 0. The average Bonchev–Trinajstić information content (AvgIpc) is 3.05. The van der Waals surface area contributed by atoms with Crippen LogP contribution < -0.4 is 15.3 Å². The van der Waals surface area contributed by atoms with E-state index in [0.29, 0.717) is 11.4 Å². The Labute approximate surface area is 137 Å². The fourth-order valence-corrected chi connectivity index (χ4v) is 2.49. The van der Waals surface area contributed by atoms with Crippen molar-refractivity contribution < 1.29 is 19.1 Å². The summed E-state index contributed by atoms with van der Waals surface area (Å²) in [7, 11) is 1.53. The lowest BCUT2D eigenvalue weighted by atomic mass is 10.3. The van der Waals surface area contributed by atoms with Crippen LogP contribution in [0.3, 0.4) is 0 Å². The van der Waals surface area contributed by atoms with Crippen molar-refractivity contribution in [3.63, 3.8) is 0 Å². The lowest BCUT2D eigenvalue weighted by Crippen LogP contribution is -2.36. The van der Waals surface area contributed by atoms with Gasteiger partial charge in [0.1, 0.15) is 12.3 Å². The normalized spacial score (nSPS) is 13.1. The monoisotopic (exact) mass is 332 g/mol. The molecular weight excluding hydrogens is 316 g/mol. The number of nitrogens with zero attached hydrogens (tertiary/aromatic N) is 4. The maximum absolute atomic E-state index is 12.5. The van der Waals surface area contributed by atoms with E-state index in [2.05, 4.69) is 5.10 Å². The fraction of sp³-hybridized carbons (Fsp3) is 0.333. The summed E-state index contributed by atoms with van der Waals surface area (Å²) in [6, 6.07) is 6.43. The van der Waals surface area contributed by atoms with Crippen molar-refractivity contribution in [3.05, 3.63) is 40.6 Å². The number of methoxy groups -OCH3 is 1. The van der Waals surface area contributed by atoms with E-state index in [4.69, 9.17) is 9.47 Å². The summed E-state index contributed by atoms with van der Waals surface area (Å²) in [5, 5.41) is 4.05. The first-order valence-electron chi connectivity index (χ1n) is 7.35. The van der Waals surface area contributed by atoms with Gasteiger partial charge in [-0.25, -0.2) is 14.3 Å². The lowest BCUT2D eigenvalue weighted by molar-refractivity contribution is -0.144. The average molecular weight is 332 g/mol. The second-order valence-corrected chi connectivity index (χ2v) is 5.07. The van der Waals surface area contributed by atoms with Gasteiger partial charge in [-0.1, -0.05) is 6.07 Å². The third kappa shape index (κ3) is 2.64. The Morgan fingerprint density at radius 3 is 2.79 bits per heavy atom. The molecule has 2 aromatic rings. The van der Waals surface area contributed by atoms with Crippen molar-refractivity contribution in [2.24, 2.45) is 0 Å². The highest BCUT2D eigenvalue weighted by atomic mass is 16.5. The molecule has 0 aliphatic carbocycles. The number of aromatic nitrogens is 3. The number of amides is 1. The first-order chi connectivity index (χ1) is 11.5. The molecule has 24 heavy (non-hydrogen) atoms. The SMILES string of the molecule is CCOC(=O)Cn1nc2n(c1=O)C(=O)N(c1cccc(OC)c1)C2. The molecule has 1 aliphatic heterocycles. The van der Waals surface area contributed by atoms with Crippen molar-refractivity contribution in [2.75, 3.05) is 18.6 Å². The third-order valence-corrected chi connectivity index (χ3v) is 3.58. The van der Waals surface area contributed by atoms with E-state index in [1.54, 1.807) is 31.2 Å². The van der Waals surface area contributed by atoms with Gasteiger partial charge >= 0.3 is 17.7 Å². The first kappa shape index (κ1) is 15.8. The number of rotatable bonds is 5. The van der Waals surface area contributed by atoms with Gasteiger partial charge in [0.2, 0.25) is 0 Å². The number of carbonyl (C=O) groups is 2. The van der Waals surface area contributed by atoms with Crippen LogP contribution in [0.15, 0.2) is 29.1 Å². The van der Waals surface area contributed by atoms with Gasteiger partial charge in [-0.15, -0.1) is 0 Å². The minimum absolute atomic E-state index is 0.136. The Kier molecular flexibility index (Phi) is 4.07. The highest BCUT2D eigenvalue weighted by Gasteiger charge is 2.33. The number of benzene rings is 1. The molecule has 9 heteroatoms. The van der Waals surface area contributed by atoms with Crippen LogP contribution in [0.5, 0.6) is 5.75 Å². The Morgan fingerprint density at radius 2 is 2.12 bits per heavy atom. The molecule has 0 N–H and O–H groups in total. The van der Waals surface area contributed by atoms with E-state index in [1.165, 1.54) is 12.0 Å². The number of ether oxygens (including phenoxy) is 2. The van der Waals surface area contributed by atoms with E-state index < -0.39 is 17.7 Å². The van der Waals surface area contributed by atoms with Crippen LogP contribution in [-0.2, 0) is 22.6 Å². The predicted octanol–water partition coefficient (Wildman–Crippen LogP) is 0.605. The fourth-order valence-electron chi connectivity index (χ4n) is 2.49. The zero-order chi connectivity index (χ0) is 17.3. The molecule has 1 aromatic carbocycles. The van der Waals surface area contributed by atoms with Crippen LogP contribution in [0.2, 0.25) is 0 Å². The summed E-state index contributed by atoms with van der Waals surface area (Å²) >= 11 is 0. The van der Waals surface area contributed by atoms with Crippen LogP contribution in [0.4, 0.5) is 10.5 Å². The minimum Gasteiger partial charge on any atom is -0.497 e. The molecule has 0 fully saturated rings. The number of hydrogen-bond acceptors (Lipinski definition) is 6. The summed E-state index contributed by atoms with van der Waals surface area (Å²) in [4.78, 5) is 37.7. The van der Waals surface area contributed by atoms with Crippen molar-refractivity contribution >= 4 is 17.7 Å². The quantitative estimate of drug-likeness (QED) is 0.744. The Hall–Kier alpha value is -3.10. The Morgan fingerprint density at radius 1 is 1.33 bits per heavy atom. The van der Waals surface area contributed by atoms with Gasteiger partial charge in [-0.2, -0.15) is 9.67 Å². The lowest BCUT2D eigenvalue weighted by Gasteiger charge is -2.15. The van der Waals surface area contributed by atoms with Gasteiger partial charge in [-0.3, -0.25) is 9.69 Å². The topological polar surface area (TPSA) is 95.7 Å². The largest absolute Gasteiger partial charge is 0.497 e. The highest BCUT2D eigenvalue weighted by Crippen LogP contribution is 2.25. The van der Waals surface area contributed by atoms with Crippen molar-refractivity contribution in [3.8, 4) is 5.75 Å². The van der Waals surface area contributed by atoms with Gasteiger partial charge in [0.15, 0.2) is 5.82 Å². The summed E-state index contributed by atoms with van der Waals surface area (Å²) in [5.41, 5.74) is -0.0605. The van der Waals surface area contributed by atoms with E-state index >= 15 is 0 Å². The number of hydrogen-bond donors (Lipinski definition) is 0. The predicted molar refractivity (Wildman–Crippen MR) is 83.1 cm³/mol. The van der Waals surface area contributed by atoms with Crippen LogP contribution in [-0.4, -0.2) is 40.1 Å². The molecule has 126 valence electrons. The standard InChI is InChI=1S/C15H16N4O5/c1-3-24-13(20)9-18-15(22)19-12(16-18)8-17(14(19)21)10-5-4-6-11(7-10)23-2/h4-7H,3,8-9H2,1-2H3. The summed E-state index contributed by atoms with van der Waals surface area (Å²) < 4.78 is 11.8. The van der Waals surface area contributed by atoms with E-state index in [0.717, 1.165) is 9.25 Å². The van der Waals surface area contributed by atoms with Crippen LogP contribution in [0.1, 0.15) is 12.7 Å². The smallest absolute Gasteiger partial charge is 0.354 e. The molecular formula is C15H16N4O5. The molecule has 0 unspecified atom stereocenters. The third-order valence-electron chi connectivity index (χ3n) is 3.58. The number of carbonyl (C=O) groups excluding carboxylic acids is 2. The number of esters is 1. The van der Waals surface area contributed by atoms with Crippen LogP contribution >= 0.6 is 0 Å². The second kappa shape index (κ2) is 6.19. The van der Waals surface area contributed by atoms with Gasteiger partial charge in [0, 0.05) is 11.8 Å². The highest BCUT2D eigenvalue weighted by molar-refractivity contribution is 5.96. The molecule has 0 saturated heterocycles. The molecule has 0 bridgehead atoms. The van der Waals surface area contributed by atoms with Gasteiger partial charge in [0.25, 0.3) is 0 Å². The van der Waals surface area contributed by atoms with Crippen LogP contribution in [0, 0.1) is 0 Å². The molecule has 1 aliphatic rings. The number of anilines is 1. The number of fused-ring (bicyclic) bond motifs is 1. The van der Waals surface area contributed by atoms with Gasteiger partial charge < -0.3 is 9.47 Å². The Bertz CT molecular complexity index is 854. The zero-order valence-electron chi connectivity index (χ0n) is 13.3. The van der Waals surface area contributed by atoms with Crippen LogP contribution in [0.25, 0.3) is 0 Å². The van der Waals surface area contributed by atoms with Crippen molar-refractivity contribution in [1.82, 2.24) is 14.3 Å². The molecule has 1 amide bonds. The maximum Gasteiger partial charge on any atom is 0.354 e. The minimum atomic E-state index is -0.659. The van der Waals surface area contributed by atoms with E-state index in [1.807, 2.05) is 0 Å². The summed E-state index contributed by atoms with van der Waals surface area (Å²) in [5.74, 6) is 0.301. The second-order valence-electron chi connectivity index (χ2n) is 5.07. The van der Waals surface area contributed by atoms with Gasteiger partial charge in [0.05, 0.1) is 20.3 Å². The Balaban J connectivity index is 1.87. The molecule has 3 rings (SSSR count). The molecule has 0 spiro atoms. The van der Waals surface area contributed by atoms with Gasteiger partial charge in [-0.05, 0) is 19.1 Å². The molecule has 0 radical (unpaired) electrons. The summed E-state index contributed by atoms with van der Waals surface area (Å²) in [6.45, 7) is 1.70. The molecule has 2 heterocycles. The van der Waals surface area contributed by atoms with Crippen molar-refractivity contribution in [2.45, 2.75) is 20.0 Å². The maximum atomic E-state index is 12.5. The molecule has 9 nitrogen and oxygen atoms in total. The molecule has 0 saturated carbocycles. The molecule has 1 aromatic heterocycles. The molecule has 0 atom stereocenters. The zero-order valence-corrected chi connectivity index (χ0v) is 13.3. The first-order valence-corrected chi connectivity index (χ1v) is 7.35. The van der Waals surface area contributed by atoms with Crippen molar-refractivity contribution in [1.29, 1.82) is 0 Å². The van der Waals surface area contributed by atoms with E-state index in [-0.39, 0.29) is 25.5 Å². The van der Waals surface area contributed by atoms with E-state index in [9.17, 15) is 14.4 Å².